The molecular formula is C9H10N2OS. The molecule has 0 saturated heterocycles. The highest BCUT2D eigenvalue weighted by Crippen LogP contribution is 2.15. The second kappa shape index (κ2) is 3.62. The second-order valence-electron chi connectivity index (χ2n) is 2.73. The molecule has 0 radical (unpaired) electrons. The highest BCUT2D eigenvalue weighted by molar-refractivity contribution is 7.09. The molecule has 2 rings (SSSR count). The monoisotopic (exact) mass is 194 g/mol. The lowest BCUT2D eigenvalue weighted by atomic mass is 10.4. The predicted octanol–water partition coefficient (Wildman–Crippen LogP) is 2.66. The van der Waals surface area contributed by atoms with E-state index in [-0.39, 0.29) is 0 Å². The fraction of sp³-hybridized carbons (Fsp3) is 0.222. The fourth-order valence-electron chi connectivity index (χ4n) is 1.06. The van der Waals surface area contributed by atoms with Crippen molar-refractivity contribution in [3.8, 4) is 0 Å². The standard InChI is InChI=1S/C9H10N2OS/c1-7-9(6-11-12-7)10-5-8-3-2-4-13-8/h2-4,6,10H,5H2,1H3. The Bertz CT molecular complexity index is 367. The maximum Gasteiger partial charge on any atom is 0.156 e. The van der Waals surface area contributed by atoms with E-state index in [0.29, 0.717) is 0 Å². The summed E-state index contributed by atoms with van der Waals surface area (Å²) < 4.78 is 4.93. The Hall–Kier alpha value is -1.29. The molecular weight excluding hydrogens is 184 g/mol. The lowest BCUT2D eigenvalue weighted by Gasteiger charge is -2.00. The van der Waals surface area contributed by atoms with Crippen LogP contribution in [0.2, 0.25) is 0 Å². The average Bonchev–Trinajstić information content (AvgIpc) is 2.72. The third-order valence-electron chi connectivity index (χ3n) is 1.78. The fourth-order valence-corrected chi connectivity index (χ4v) is 1.71. The van der Waals surface area contributed by atoms with E-state index in [1.807, 2.05) is 13.0 Å². The summed E-state index contributed by atoms with van der Waals surface area (Å²) in [5, 5.41) is 9.00. The number of hydrogen-bond donors (Lipinski definition) is 1. The highest BCUT2D eigenvalue weighted by atomic mass is 32.1. The first-order chi connectivity index (χ1) is 6.36. The van der Waals surface area contributed by atoms with Crippen LogP contribution in [0.25, 0.3) is 0 Å². The summed E-state index contributed by atoms with van der Waals surface area (Å²) in [5.41, 5.74) is 0.966. The van der Waals surface area contributed by atoms with Gasteiger partial charge in [0.1, 0.15) is 0 Å². The minimum absolute atomic E-state index is 0.830. The minimum atomic E-state index is 0.830. The third-order valence-corrected chi connectivity index (χ3v) is 2.66. The van der Waals surface area contributed by atoms with Gasteiger partial charge in [0.2, 0.25) is 0 Å². The van der Waals surface area contributed by atoms with Crippen LogP contribution in [0.1, 0.15) is 10.6 Å². The largest absolute Gasteiger partial charge is 0.376 e. The van der Waals surface area contributed by atoms with Gasteiger partial charge in [0, 0.05) is 11.4 Å². The SMILES string of the molecule is Cc1oncc1NCc1cccs1. The molecule has 4 heteroatoms. The predicted molar refractivity (Wildman–Crippen MR) is 52.9 cm³/mol. The zero-order valence-electron chi connectivity index (χ0n) is 7.28. The lowest BCUT2D eigenvalue weighted by Crippen LogP contribution is -1.96. The summed E-state index contributed by atoms with van der Waals surface area (Å²) in [7, 11) is 0. The van der Waals surface area contributed by atoms with Gasteiger partial charge in [0.05, 0.1) is 11.9 Å². The Labute approximate surface area is 80.4 Å². The van der Waals surface area contributed by atoms with E-state index in [2.05, 4.69) is 21.9 Å². The van der Waals surface area contributed by atoms with Gasteiger partial charge in [-0.05, 0) is 18.4 Å². The van der Waals surface area contributed by atoms with Crippen LogP contribution >= 0.6 is 11.3 Å². The van der Waals surface area contributed by atoms with Crippen LogP contribution < -0.4 is 5.32 Å². The molecule has 0 aliphatic carbocycles. The molecule has 0 saturated carbocycles. The van der Waals surface area contributed by atoms with Crippen LogP contribution in [-0.4, -0.2) is 5.16 Å². The second-order valence-corrected chi connectivity index (χ2v) is 3.76. The van der Waals surface area contributed by atoms with Crippen molar-refractivity contribution in [1.82, 2.24) is 5.16 Å². The first-order valence-corrected chi connectivity index (χ1v) is 4.92. The van der Waals surface area contributed by atoms with Crippen molar-refractivity contribution >= 4 is 17.0 Å². The van der Waals surface area contributed by atoms with Gasteiger partial charge in [-0.25, -0.2) is 0 Å². The summed E-state index contributed by atoms with van der Waals surface area (Å²) in [6, 6.07) is 4.14. The Morgan fingerprint density at radius 3 is 3.15 bits per heavy atom. The van der Waals surface area contributed by atoms with Crippen molar-refractivity contribution in [2.24, 2.45) is 0 Å². The summed E-state index contributed by atoms with van der Waals surface area (Å²) in [4.78, 5) is 1.31. The van der Waals surface area contributed by atoms with Crippen LogP contribution in [0, 0.1) is 6.92 Å². The molecule has 0 aromatic carbocycles. The average molecular weight is 194 g/mol. The molecule has 68 valence electrons. The zero-order valence-corrected chi connectivity index (χ0v) is 8.10. The Kier molecular flexibility index (Phi) is 2.31. The van der Waals surface area contributed by atoms with Gasteiger partial charge < -0.3 is 9.84 Å². The van der Waals surface area contributed by atoms with Crippen LogP contribution in [0.4, 0.5) is 5.69 Å². The Morgan fingerprint density at radius 1 is 1.62 bits per heavy atom. The van der Waals surface area contributed by atoms with Gasteiger partial charge in [-0.15, -0.1) is 11.3 Å². The van der Waals surface area contributed by atoms with Gasteiger partial charge in [0.25, 0.3) is 0 Å². The molecule has 0 fully saturated rings. The number of aryl methyl sites for hydroxylation is 1. The number of aromatic nitrogens is 1. The lowest BCUT2D eigenvalue weighted by molar-refractivity contribution is 0.398. The number of thiophene rings is 1. The van der Waals surface area contributed by atoms with Crippen molar-refractivity contribution < 1.29 is 4.52 Å². The van der Waals surface area contributed by atoms with E-state index < -0.39 is 0 Å². The molecule has 0 amide bonds. The van der Waals surface area contributed by atoms with Crippen molar-refractivity contribution in [2.45, 2.75) is 13.5 Å². The van der Waals surface area contributed by atoms with Gasteiger partial charge in [-0.2, -0.15) is 0 Å². The minimum Gasteiger partial charge on any atom is -0.376 e. The molecule has 2 aromatic heterocycles. The maximum absolute atomic E-state index is 4.93. The smallest absolute Gasteiger partial charge is 0.156 e. The molecule has 2 aromatic rings. The molecule has 0 bridgehead atoms. The molecule has 0 spiro atoms. The Balaban J connectivity index is 1.97. The summed E-state index contributed by atoms with van der Waals surface area (Å²) in [6.45, 7) is 2.73. The van der Waals surface area contributed by atoms with Gasteiger partial charge in [0.15, 0.2) is 5.76 Å². The highest BCUT2D eigenvalue weighted by Gasteiger charge is 2.01. The normalized spacial score (nSPS) is 10.2. The van der Waals surface area contributed by atoms with E-state index in [1.165, 1.54) is 4.88 Å². The molecule has 0 aliphatic rings. The van der Waals surface area contributed by atoms with Gasteiger partial charge >= 0.3 is 0 Å². The number of nitrogens with one attached hydrogen (secondary N) is 1. The van der Waals surface area contributed by atoms with Gasteiger partial charge in [-0.3, -0.25) is 0 Å². The van der Waals surface area contributed by atoms with Crippen molar-refractivity contribution in [3.05, 3.63) is 34.3 Å². The van der Waals surface area contributed by atoms with E-state index in [1.54, 1.807) is 17.5 Å². The maximum atomic E-state index is 4.93. The molecule has 2 heterocycles. The van der Waals surface area contributed by atoms with Crippen LogP contribution in [0.3, 0.4) is 0 Å². The van der Waals surface area contributed by atoms with E-state index in [4.69, 9.17) is 4.52 Å². The molecule has 0 atom stereocenters. The molecule has 0 aliphatic heterocycles. The third kappa shape index (κ3) is 1.89. The van der Waals surface area contributed by atoms with Gasteiger partial charge in [-0.1, -0.05) is 11.2 Å². The quantitative estimate of drug-likeness (QED) is 0.816. The van der Waals surface area contributed by atoms with E-state index in [9.17, 15) is 0 Å². The zero-order chi connectivity index (χ0) is 9.10. The van der Waals surface area contributed by atoms with Crippen LogP contribution in [0.15, 0.2) is 28.2 Å². The van der Waals surface area contributed by atoms with Crippen molar-refractivity contribution in [3.63, 3.8) is 0 Å². The number of nitrogens with zero attached hydrogens (tertiary/aromatic N) is 1. The first kappa shape index (κ1) is 8.31. The Morgan fingerprint density at radius 2 is 2.54 bits per heavy atom. The summed E-state index contributed by atoms with van der Waals surface area (Å²) in [5.74, 6) is 0.830. The van der Waals surface area contributed by atoms with Crippen molar-refractivity contribution in [1.29, 1.82) is 0 Å². The van der Waals surface area contributed by atoms with E-state index >= 15 is 0 Å². The number of rotatable bonds is 3. The molecule has 13 heavy (non-hydrogen) atoms. The summed E-state index contributed by atoms with van der Waals surface area (Å²) >= 11 is 1.74. The first-order valence-electron chi connectivity index (χ1n) is 4.04. The van der Waals surface area contributed by atoms with Crippen LogP contribution in [0.5, 0.6) is 0 Å². The molecule has 1 N–H and O–H groups in total. The number of hydrogen-bond acceptors (Lipinski definition) is 4. The van der Waals surface area contributed by atoms with E-state index in [0.717, 1.165) is 18.0 Å². The number of anilines is 1. The topological polar surface area (TPSA) is 38.1 Å². The van der Waals surface area contributed by atoms with Crippen molar-refractivity contribution in [2.75, 3.05) is 5.32 Å². The molecule has 3 nitrogen and oxygen atoms in total. The van der Waals surface area contributed by atoms with Crippen LogP contribution in [-0.2, 0) is 6.54 Å². The molecule has 0 unspecified atom stereocenters. The summed E-state index contributed by atoms with van der Waals surface area (Å²) in [6.07, 6.45) is 1.70.